The first-order chi connectivity index (χ1) is 6.85. The van der Waals surface area contributed by atoms with Crippen LogP contribution < -0.4 is 9.47 Å². The molecule has 0 saturated carbocycles. The van der Waals surface area contributed by atoms with Crippen molar-refractivity contribution in [3.63, 3.8) is 0 Å². The summed E-state index contributed by atoms with van der Waals surface area (Å²) in [6.07, 6.45) is 0. The first kappa shape index (κ1) is 8.81. The number of nitrogens with zero attached hydrogens (tertiary/aromatic N) is 1. The first-order valence-corrected chi connectivity index (χ1v) is 4.25. The summed E-state index contributed by atoms with van der Waals surface area (Å²) < 4.78 is 10.2. The molecule has 0 aliphatic heterocycles. The van der Waals surface area contributed by atoms with Gasteiger partial charge in [-0.05, 0) is 12.1 Å². The Labute approximate surface area is 82.3 Å². The molecule has 0 amide bonds. The van der Waals surface area contributed by atoms with Gasteiger partial charge in [0.25, 0.3) is 0 Å². The first-order valence-electron chi connectivity index (χ1n) is 4.25. The van der Waals surface area contributed by atoms with Crippen LogP contribution in [-0.4, -0.2) is 19.2 Å². The van der Waals surface area contributed by atoms with E-state index in [0.29, 0.717) is 11.6 Å². The molecule has 3 nitrogen and oxygen atoms in total. The highest BCUT2D eigenvalue weighted by molar-refractivity contribution is 5.85. The van der Waals surface area contributed by atoms with Crippen LogP contribution in [0.1, 0.15) is 0 Å². The molecule has 1 aromatic heterocycles. The molecule has 0 aliphatic rings. The molecule has 0 N–H and O–H groups in total. The van der Waals surface area contributed by atoms with Gasteiger partial charge in [0.15, 0.2) is 0 Å². The van der Waals surface area contributed by atoms with Crippen LogP contribution >= 0.6 is 0 Å². The summed E-state index contributed by atoms with van der Waals surface area (Å²) in [5.74, 6) is 1.10. The molecule has 0 bridgehead atoms. The van der Waals surface area contributed by atoms with E-state index >= 15 is 0 Å². The summed E-state index contributed by atoms with van der Waals surface area (Å²) >= 11 is 0. The Bertz CT molecular complexity index is 454. The highest BCUT2D eigenvalue weighted by atomic mass is 16.5. The lowest BCUT2D eigenvalue weighted by Crippen LogP contribution is -1.92. The molecule has 1 heterocycles. The molecule has 1 aromatic carbocycles. The van der Waals surface area contributed by atoms with Crippen molar-refractivity contribution in [2.45, 2.75) is 0 Å². The molecule has 0 aliphatic carbocycles. The number of aromatic nitrogens is 1. The van der Waals surface area contributed by atoms with Crippen LogP contribution in [0.4, 0.5) is 0 Å². The molecule has 0 unspecified atom stereocenters. The molecule has 0 saturated heterocycles. The zero-order valence-corrected chi connectivity index (χ0v) is 8.07. The minimum Gasteiger partial charge on any atom is -0.495 e. The number of rotatable bonds is 2. The molecule has 0 fully saturated rings. The molecule has 2 rings (SSSR count). The number of ether oxygens (including phenoxy) is 2. The third-order valence-corrected chi connectivity index (χ3v) is 1.99. The van der Waals surface area contributed by atoms with Gasteiger partial charge >= 0.3 is 0 Å². The summed E-state index contributed by atoms with van der Waals surface area (Å²) in [7, 11) is 3.17. The maximum Gasteiger partial charge on any atom is 0.225 e. The largest absolute Gasteiger partial charge is 0.495 e. The second-order valence-electron chi connectivity index (χ2n) is 2.80. The molecule has 1 radical (unpaired) electrons. The van der Waals surface area contributed by atoms with Crippen molar-refractivity contribution in [1.29, 1.82) is 0 Å². The summed E-state index contributed by atoms with van der Waals surface area (Å²) in [6.45, 7) is 0. The van der Waals surface area contributed by atoms with Crippen LogP contribution in [-0.2, 0) is 0 Å². The lowest BCUT2D eigenvalue weighted by molar-refractivity contribution is 0.385. The molecular formula is C11H10NO2. The van der Waals surface area contributed by atoms with Crippen LogP contribution in [0.2, 0.25) is 0 Å². The molecule has 71 valence electrons. The highest BCUT2D eigenvalue weighted by Gasteiger charge is 2.05. The number of para-hydroxylation sites is 1. The van der Waals surface area contributed by atoms with Gasteiger partial charge in [-0.3, -0.25) is 0 Å². The molecular weight excluding hydrogens is 178 g/mol. The molecule has 0 atom stereocenters. The minimum absolute atomic E-state index is 0.445. The average molecular weight is 188 g/mol. The number of pyridine rings is 1. The molecule has 3 heteroatoms. The van der Waals surface area contributed by atoms with Gasteiger partial charge in [-0.25, -0.2) is 4.98 Å². The zero-order chi connectivity index (χ0) is 9.97. The maximum absolute atomic E-state index is 5.19. The highest BCUT2D eigenvalue weighted by Crippen LogP contribution is 2.26. The van der Waals surface area contributed by atoms with Gasteiger partial charge < -0.3 is 9.47 Å². The van der Waals surface area contributed by atoms with Gasteiger partial charge in [-0.2, -0.15) is 0 Å². The van der Waals surface area contributed by atoms with Gasteiger partial charge in [0, 0.05) is 5.39 Å². The Balaban J connectivity index is 2.73. The van der Waals surface area contributed by atoms with Gasteiger partial charge in [-0.15, -0.1) is 0 Å². The number of hydrogen-bond donors (Lipinski definition) is 0. The fraction of sp³-hybridized carbons (Fsp3) is 0.182. The molecule has 2 aromatic rings. The molecule has 0 spiro atoms. The van der Waals surface area contributed by atoms with E-state index in [1.165, 1.54) is 0 Å². The van der Waals surface area contributed by atoms with Crippen molar-refractivity contribution in [2.24, 2.45) is 0 Å². The van der Waals surface area contributed by atoms with E-state index in [1.54, 1.807) is 14.2 Å². The monoisotopic (exact) mass is 188 g/mol. The van der Waals surface area contributed by atoms with Crippen molar-refractivity contribution >= 4 is 10.9 Å². The molecule has 14 heavy (non-hydrogen) atoms. The van der Waals surface area contributed by atoms with E-state index in [-0.39, 0.29) is 0 Å². The van der Waals surface area contributed by atoms with Gasteiger partial charge in [0.2, 0.25) is 5.88 Å². The van der Waals surface area contributed by atoms with Gasteiger partial charge in [0.1, 0.15) is 5.75 Å². The fourth-order valence-electron chi connectivity index (χ4n) is 1.32. The van der Waals surface area contributed by atoms with Crippen LogP contribution in [0, 0.1) is 6.07 Å². The van der Waals surface area contributed by atoms with Gasteiger partial charge in [0.05, 0.1) is 25.8 Å². The topological polar surface area (TPSA) is 31.4 Å². The van der Waals surface area contributed by atoms with Gasteiger partial charge in [-0.1, -0.05) is 12.1 Å². The summed E-state index contributed by atoms with van der Waals surface area (Å²) in [4.78, 5) is 4.24. The SMILES string of the molecule is COc1[c]c(OC)c2ccccc2n1. The fourth-order valence-corrected chi connectivity index (χ4v) is 1.32. The minimum atomic E-state index is 0.445. The Morgan fingerprint density at radius 3 is 2.64 bits per heavy atom. The van der Waals surface area contributed by atoms with E-state index in [4.69, 9.17) is 9.47 Å². The van der Waals surface area contributed by atoms with Crippen LogP contribution in [0.15, 0.2) is 24.3 Å². The van der Waals surface area contributed by atoms with E-state index in [9.17, 15) is 0 Å². The third-order valence-electron chi connectivity index (χ3n) is 1.99. The summed E-state index contributed by atoms with van der Waals surface area (Å²) in [6, 6.07) is 10.6. The quantitative estimate of drug-likeness (QED) is 0.722. The summed E-state index contributed by atoms with van der Waals surface area (Å²) in [5.41, 5.74) is 0.847. The number of methoxy groups -OCH3 is 2. The second-order valence-corrected chi connectivity index (χ2v) is 2.80. The second kappa shape index (κ2) is 3.54. The van der Waals surface area contributed by atoms with E-state index in [0.717, 1.165) is 10.9 Å². The Hall–Kier alpha value is -1.77. The van der Waals surface area contributed by atoms with Crippen molar-refractivity contribution in [1.82, 2.24) is 4.98 Å². The Morgan fingerprint density at radius 1 is 1.14 bits per heavy atom. The lowest BCUT2D eigenvalue weighted by Gasteiger charge is -2.06. The normalized spacial score (nSPS) is 10.1. The lowest BCUT2D eigenvalue weighted by atomic mass is 10.2. The Morgan fingerprint density at radius 2 is 1.93 bits per heavy atom. The van der Waals surface area contributed by atoms with E-state index < -0.39 is 0 Å². The number of benzene rings is 1. The number of fused-ring (bicyclic) bond motifs is 1. The number of hydrogen-bond acceptors (Lipinski definition) is 3. The Kier molecular flexibility index (Phi) is 2.23. The third kappa shape index (κ3) is 1.37. The maximum atomic E-state index is 5.19. The van der Waals surface area contributed by atoms with Crippen LogP contribution in [0.25, 0.3) is 10.9 Å². The van der Waals surface area contributed by atoms with Crippen LogP contribution in [0.5, 0.6) is 11.6 Å². The van der Waals surface area contributed by atoms with E-state index in [1.807, 2.05) is 24.3 Å². The summed E-state index contributed by atoms with van der Waals surface area (Å²) in [5, 5.41) is 0.941. The average Bonchev–Trinajstić information content (AvgIpc) is 2.27. The predicted octanol–water partition coefficient (Wildman–Crippen LogP) is 2.05. The van der Waals surface area contributed by atoms with E-state index in [2.05, 4.69) is 11.1 Å². The predicted molar refractivity (Wildman–Crippen MR) is 53.7 cm³/mol. The van der Waals surface area contributed by atoms with Crippen molar-refractivity contribution in [2.75, 3.05) is 14.2 Å². The van der Waals surface area contributed by atoms with Crippen molar-refractivity contribution in [3.8, 4) is 11.6 Å². The zero-order valence-electron chi connectivity index (χ0n) is 8.07. The smallest absolute Gasteiger partial charge is 0.225 e. The van der Waals surface area contributed by atoms with Crippen LogP contribution in [0.3, 0.4) is 0 Å². The standard InChI is InChI=1S/C11H10NO2/c1-13-10-7-11(14-2)12-9-6-4-3-5-8(9)10/h3-6H,1-2H3. The van der Waals surface area contributed by atoms with Crippen molar-refractivity contribution < 1.29 is 9.47 Å². The van der Waals surface area contributed by atoms with Crippen molar-refractivity contribution in [3.05, 3.63) is 30.3 Å².